The van der Waals surface area contributed by atoms with Gasteiger partial charge in [-0.25, -0.2) is 0 Å². The lowest BCUT2D eigenvalue weighted by atomic mass is 9.92. The third kappa shape index (κ3) is 4.15. The monoisotopic (exact) mass is 315 g/mol. The Bertz CT molecular complexity index is 520. The first-order valence-corrected chi connectivity index (χ1v) is 7.34. The first-order valence-electron chi connectivity index (χ1n) is 7.34. The third-order valence-corrected chi connectivity index (χ3v) is 3.77. The van der Waals surface area contributed by atoms with Crippen LogP contribution in [0.2, 0.25) is 0 Å². The fraction of sp³-hybridized carbons (Fsp3) is 0.562. The van der Waals surface area contributed by atoms with Crippen molar-refractivity contribution in [2.24, 2.45) is 11.8 Å². The quantitative estimate of drug-likeness (QED) is 0.853. The first-order chi connectivity index (χ1) is 10.3. The van der Waals surface area contributed by atoms with E-state index in [2.05, 4.69) is 13.8 Å². The van der Waals surface area contributed by atoms with Gasteiger partial charge in [0.05, 0.1) is 5.56 Å². The Morgan fingerprint density at radius 1 is 1.23 bits per heavy atom. The fourth-order valence-electron chi connectivity index (χ4n) is 2.92. The predicted molar refractivity (Wildman–Crippen MR) is 76.5 cm³/mol. The topological polar surface area (TPSA) is 29.5 Å². The molecule has 3 nitrogen and oxygen atoms in total. The second-order valence-electron chi connectivity index (χ2n) is 6.03. The Hall–Kier alpha value is -1.72. The molecular formula is C16H20F3NO2. The normalized spacial score (nSPS) is 22.5. The zero-order chi connectivity index (χ0) is 16.3. The van der Waals surface area contributed by atoms with Gasteiger partial charge in [0.2, 0.25) is 0 Å². The van der Waals surface area contributed by atoms with Gasteiger partial charge in [0.25, 0.3) is 5.91 Å². The van der Waals surface area contributed by atoms with Crippen LogP contribution < -0.4 is 4.74 Å². The van der Waals surface area contributed by atoms with Crippen molar-refractivity contribution in [2.45, 2.75) is 26.4 Å². The van der Waals surface area contributed by atoms with E-state index in [1.54, 1.807) is 4.90 Å². The van der Waals surface area contributed by atoms with Gasteiger partial charge in [-0.05, 0) is 30.4 Å². The SMILES string of the molecule is CC1CC(C)CN(C(=O)COc2ccccc2C(F)(F)F)C1. The van der Waals surface area contributed by atoms with E-state index < -0.39 is 11.7 Å². The van der Waals surface area contributed by atoms with Crippen LogP contribution in [-0.2, 0) is 11.0 Å². The molecule has 1 aromatic rings. The van der Waals surface area contributed by atoms with Crippen LogP contribution in [-0.4, -0.2) is 30.5 Å². The molecule has 0 radical (unpaired) electrons. The van der Waals surface area contributed by atoms with Gasteiger partial charge in [-0.3, -0.25) is 4.79 Å². The van der Waals surface area contributed by atoms with Crippen molar-refractivity contribution >= 4 is 5.91 Å². The van der Waals surface area contributed by atoms with Gasteiger partial charge in [0.15, 0.2) is 6.61 Å². The van der Waals surface area contributed by atoms with Crippen LogP contribution in [0.25, 0.3) is 0 Å². The number of carbonyl (C=O) groups is 1. The van der Waals surface area contributed by atoms with Gasteiger partial charge < -0.3 is 9.64 Å². The molecule has 122 valence electrons. The average molecular weight is 315 g/mol. The number of ether oxygens (including phenoxy) is 1. The summed E-state index contributed by atoms with van der Waals surface area (Å²) in [4.78, 5) is 13.8. The Morgan fingerprint density at radius 2 is 1.82 bits per heavy atom. The van der Waals surface area contributed by atoms with Gasteiger partial charge in [-0.15, -0.1) is 0 Å². The van der Waals surface area contributed by atoms with Crippen molar-refractivity contribution in [1.82, 2.24) is 4.90 Å². The van der Waals surface area contributed by atoms with Crippen molar-refractivity contribution in [3.63, 3.8) is 0 Å². The summed E-state index contributed by atoms with van der Waals surface area (Å²) in [5, 5.41) is 0. The smallest absolute Gasteiger partial charge is 0.419 e. The lowest BCUT2D eigenvalue weighted by Crippen LogP contribution is -2.44. The van der Waals surface area contributed by atoms with E-state index >= 15 is 0 Å². The summed E-state index contributed by atoms with van der Waals surface area (Å²) in [6.07, 6.45) is -3.44. The molecule has 1 saturated heterocycles. The van der Waals surface area contributed by atoms with Crippen molar-refractivity contribution in [2.75, 3.05) is 19.7 Å². The molecule has 2 rings (SSSR count). The van der Waals surface area contributed by atoms with Gasteiger partial charge in [-0.1, -0.05) is 26.0 Å². The lowest BCUT2D eigenvalue weighted by molar-refractivity contribution is -0.141. The van der Waals surface area contributed by atoms with Crippen molar-refractivity contribution < 1.29 is 22.7 Å². The summed E-state index contributed by atoms with van der Waals surface area (Å²) in [6.45, 7) is 5.03. The molecule has 2 unspecified atom stereocenters. The van der Waals surface area contributed by atoms with Crippen LogP contribution in [0.3, 0.4) is 0 Å². The van der Waals surface area contributed by atoms with E-state index in [-0.39, 0.29) is 18.3 Å². The maximum Gasteiger partial charge on any atom is 0.419 e. The molecule has 0 aromatic heterocycles. The van der Waals surface area contributed by atoms with E-state index in [0.717, 1.165) is 12.5 Å². The summed E-state index contributed by atoms with van der Waals surface area (Å²) < 4.78 is 43.7. The minimum Gasteiger partial charge on any atom is -0.483 e. The van der Waals surface area contributed by atoms with Crippen LogP contribution in [0.4, 0.5) is 13.2 Å². The number of rotatable bonds is 3. The van der Waals surface area contributed by atoms with Crippen LogP contribution in [0.1, 0.15) is 25.8 Å². The molecule has 0 saturated carbocycles. The number of amides is 1. The molecule has 0 N–H and O–H groups in total. The van der Waals surface area contributed by atoms with Gasteiger partial charge in [0, 0.05) is 13.1 Å². The molecule has 6 heteroatoms. The molecule has 0 aliphatic carbocycles. The van der Waals surface area contributed by atoms with E-state index in [9.17, 15) is 18.0 Å². The summed E-state index contributed by atoms with van der Waals surface area (Å²) >= 11 is 0. The average Bonchev–Trinajstić information content (AvgIpc) is 2.43. The van der Waals surface area contributed by atoms with Crippen molar-refractivity contribution in [1.29, 1.82) is 0 Å². The number of piperidine rings is 1. The fourth-order valence-corrected chi connectivity index (χ4v) is 2.92. The summed E-state index contributed by atoms with van der Waals surface area (Å²) in [7, 11) is 0. The summed E-state index contributed by atoms with van der Waals surface area (Å²) in [6, 6.07) is 4.94. The number of halogens is 3. The molecular weight excluding hydrogens is 295 g/mol. The molecule has 1 fully saturated rings. The Morgan fingerprint density at radius 3 is 2.41 bits per heavy atom. The highest BCUT2D eigenvalue weighted by Gasteiger charge is 2.34. The maximum atomic E-state index is 12.9. The number of alkyl halides is 3. The Balaban J connectivity index is 2.00. The molecule has 2 atom stereocenters. The van der Waals surface area contributed by atoms with E-state index in [0.29, 0.717) is 24.9 Å². The van der Waals surface area contributed by atoms with Crippen LogP contribution in [0.15, 0.2) is 24.3 Å². The van der Waals surface area contributed by atoms with E-state index in [1.807, 2.05) is 0 Å². The zero-order valence-corrected chi connectivity index (χ0v) is 12.7. The number of likely N-dealkylation sites (tertiary alicyclic amines) is 1. The second-order valence-corrected chi connectivity index (χ2v) is 6.03. The minimum atomic E-state index is -4.49. The molecule has 1 aliphatic heterocycles. The summed E-state index contributed by atoms with van der Waals surface area (Å²) in [5.41, 5.74) is -0.858. The number of para-hydroxylation sites is 1. The largest absolute Gasteiger partial charge is 0.483 e. The first kappa shape index (κ1) is 16.6. The van der Waals surface area contributed by atoms with Crippen LogP contribution in [0, 0.1) is 11.8 Å². The molecule has 1 aliphatic rings. The Labute approximate surface area is 128 Å². The molecule has 1 amide bonds. The third-order valence-electron chi connectivity index (χ3n) is 3.77. The van der Waals surface area contributed by atoms with Crippen LogP contribution in [0.5, 0.6) is 5.75 Å². The van der Waals surface area contributed by atoms with Crippen molar-refractivity contribution in [3.05, 3.63) is 29.8 Å². The lowest BCUT2D eigenvalue weighted by Gasteiger charge is -2.35. The highest BCUT2D eigenvalue weighted by molar-refractivity contribution is 5.78. The highest BCUT2D eigenvalue weighted by atomic mass is 19.4. The van der Waals surface area contributed by atoms with Crippen molar-refractivity contribution in [3.8, 4) is 5.75 Å². The maximum absolute atomic E-state index is 12.9. The molecule has 0 spiro atoms. The molecule has 22 heavy (non-hydrogen) atoms. The highest BCUT2D eigenvalue weighted by Crippen LogP contribution is 2.35. The Kier molecular flexibility index (Phi) is 4.98. The van der Waals surface area contributed by atoms with Gasteiger partial charge in [-0.2, -0.15) is 13.2 Å². The van der Waals surface area contributed by atoms with E-state index in [4.69, 9.17) is 4.74 Å². The molecule has 0 bridgehead atoms. The van der Waals surface area contributed by atoms with Gasteiger partial charge >= 0.3 is 6.18 Å². The van der Waals surface area contributed by atoms with E-state index in [1.165, 1.54) is 18.2 Å². The predicted octanol–water partition coefficient (Wildman–Crippen LogP) is 3.59. The number of hydrogen-bond donors (Lipinski definition) is 0. The standard InChI is InChI=1S/C16H20F3NO2/c1-11-7-12(2)9-20(8-11)15(21)10-22-14-6-4-3-5-13(14)16(17,18)19/h3-6,11-12H,7-10H2,1-2H3. The second kappa shape index (κ2) is 6.58. The number of carbonyl (C=O) groups excluding carboxylic acids is 1. The zero-order valence-electron chi connectivity index (χ0n) is 12.7. The number of nitrogens with zero attached hydrogens (tertiary/aromatic N) is 1. The van der Waals surface area contributed by atoms with Crippen LogP contribution >= 0.6 is 0 Å². The van der Waals surface area contributed by atoms with Gasteiger partial charge in [0.1, 0.15) is 5.75 Å². The molecule has 1 aromatic carbocycles. The number of benzene rings is 1. The molecule has 1 heterocycles. The summed E-state index contributed by atoms with van der Waals surface area (Å²) in [5.74, 6) is 0.224. The minimum absolute atomic E-state index is 0.268. The number of hydrogen-bond acceptors (Lipinski definition) is 2.